The number of hydrogen-bond donors (Lipinski definition) is 1. The van der Waals surface area contributed by atoms with Crippen LogP contribution in [0.15, 0.2) is 18.2 Å². The highest BCUT2D eigenvalue weighted by molar-refractivity contribution is 5.88. The summed E-state index contributed by atoms with van der Waals surface area (Å²) in [7, 11) is 0. The predicted molar refractivity (Wildman–Crippen MR) is 70.6 cm³/mol. The first-order valence-corrected chi connectivity index (χ1v) is 6.26. The summed E-state index contributed by atoms with van der Waals surface area (Å²) in [5.74, 6) is 0.226. The van der Waals surface area contributed by atoms with E-state index in [-0.39, 0.29) is 5.82 Å². The van der Waals surface area contributed by atoms with E-state index < -0.39 is 5.91 Å². The van der Waals surface area contributed by atoms with Crippen molar-refractivity contribution < 1.29 is 4.79 Å². The molecule has 2 rings (SSSR count). The van der Waals surface area contributed by atoms with Crippen molar-refractivity contribution in [3.8, 4) is 0 Å². The summed E-state index contributed by atoms with van der Waals surface area (Å²) in [5.41, 5.74) is 7.05. The Hall–Kier alpha value is -2.24. The number of rotatable bonds is 5. The van der Waals surface area contributed by atoms with E-state index >= 15 is 0 Å². The molecular formula is C13H17N5O. The fraction of sp³-hybridized carbons (Fsp3) is 0.385. The number of hydrogen-bond acceptors (Lipinski definition) is 4. The molecule has 2 aromatic heterocycles. The Labute approximate surface area is 111 Å². The molecule has 0 fully saturated rings. The molecule has 0 atom stereocenters. The van der Waals surface area contributed by atoms with E-state index in [1.54, 1.807) is 4.68 Å². The number of amides is 1. The molecule has 0 aliphatic rings. The monoisotopic (exact) mass is 259 g/mol. The molecule has 2 heterocycles. The Morgan fingerprint density at radius 1 is 1.37 bits per heavy atom. The molecule has 0 aliphatic heterocycles. The van der Waals surface area contributed by atoms with E-state index in [9.17, 15) is 4.79 Å². The molecule has 0 radical (unpaired) electrons. The van der Waals surface area contributed by atoms with Crippen molar-refractivity contribution in [1.82, 2.24) is 19.7 Å². The zero-order valence-corrected chi connectivity index (χ0v) is 11.1. The molecule has 0 saturated carbocycles. The van der Waals surface area contributed by atoms with E-state index in [4.69, 9.17) is 5.73 Å². The minimum atomic E-state index is -0.603. The molecule has 0 spiro atoms. The minimum absolute atomic E-state index is 0.0658. The highest BCUT2D eigenvalue weighted by atomic mass is 16.1. The summed E-state index contributed by atoms with van der Waals surface area (Å²) in [5, 5.41) is 4.14. The Balaban J connectivity index is 2.30. The van der Waals surface area contributed by atoms with Crippen molar-refractivity contribution in [3.63, 3.8) is 0 Å². The lowest BCUT2D eigenvalue weighted by Gasteiger charge is -2.05. The van der Waals surface area contributed by atoms with Crippen LogP contribution >= 0.6 is 0 Å². The van der Waals surface area contributed by atoms with E-state index in [0.29, 0.717) is 6.54 Å². The van der Waals surface area contributed by atoms with E-state index in [2.05, 4.69) is 15.1 Å². The third kappa shape index (κ3) is 3.15. The highest BCUT2D eigenvalue weighted by Crippen LogP contribution is 2.06. The number of aromatic nitrogens is 4. The molecule has 2 aromatic rings. The van der Waals surface area contributed by atoms with Gasteiger partial charge >= 0.3 is 0 Å². The first-order chi connectivity index (χ1) is 9.10. The Morgan fingerprint density at radius 2 is 2.16 bits per heavy atom. The van der Waals surface area contributed by atoms with Gasteiger partial charge in [0.2, 0.25) is 5.82 Å². The first kappa shape index (κ1) is 13.2. The van der Waals surface area contributed by atoms with Crippen LogP contribution in [-0.2, 0) is 13.0 Å². The Bertz CT molecular complexity index is 590. The zero-order valence-electron chi connectivity index (χ0n) is 11.1. The Kier molecular flexibility index (Phi) is 3.89. The van der Waals surface area contributed by atoms with Gasteiger partial charge in [-0.25, -0.2) is 9.67 Å². The second kappa shape index (κ2) is 5.60. The maximum atomic E-state index is 11.1. The summed E-state index contributed by atoms with van der Waals surface area (Å²) in [4.78, 5) is 19.7. The van der Waals surface area contributed by atoms with Crippen LogP contribution in [0.4, 0.5) is 0 Å². The van der Waals surface area contributed by atoms with Gasteiger partial charge in [-0.1, -0.05) is 13.0 Å². The summed E-state index contributed by atoms with van der Waals surface area (Å²) < 4.78 is 1.70. The lowest BCUT2D eigenvalue weighted by Crippen LogP contribution is -2.14. The van der Waals surface area contributed by atoms with Gasteiger partial charge in [-0.3, -0.25) is 9.78 Å². The lowest BCUT2D eigenvalue weighted by molar-refractivity contribution is 0.0990. The molecule has 0 unspecified atom stereocenters. The van der Waals surface area contributed by atoms with Gasteiger partial charge in [0.05, 0.1) is 12.2 Å². The van der Waals surface area contributed by atoms with Gasteiger partial charge in [-0.15, -0.1) is 5.10 Å². The first-order valence-electron chi connectivity index (χ1n) is 6.26. The van der Waals surface area contributed by atoms with Crippen molar-refractivity contribution in [1.29, 1.82) is 0 Å². The average Bonchev–Trinajstić information content (AvgIpc) is 2.73. The van der Waals surface area contributed by atoms with Crippen LogP contribution in [0.1, 0.15) is 41.2 Å². The van der Waals surface area contributed by atoms with Gasteiger partial charge in [-0.05, 0) is 25.5 Å². The summed E-state index contributed by atoms with van der Waals surface area (Å²) in [6.07, 6.45) is 1.68. The number of pyridine rings is 1. The molecule has 0 saturated heterocycles. The normalized spacial score (nSPS) is 10.6. The molecule has 0 aromatic carbocycles. The molecule has 2 N–H and O–H groups in total. The number of primary amides is 1. The van der Waals surface area contributed by atoms with E-state index in [1.807, 2.05) is 32.0 Å². The molecule has 100 valence electrons. The number of nitrogens with zero attached hydrogens (tertiary/aromatic N) is 4. The molecule has 1 amide bonds. The van der Waals surface area contributed by atoms with Gasteiger partial charge in [0.15, 0.2) is 0 Å². The van der Waals surface area contributed by atoms with Crippen molar-refractivity contribution in [2.24, 2.45) is 5.73 Å². The highest BCUT2D eigenvalue weighted by Gasteiger charge is 2.13. The van der Waals surface area contributed by atoms with Gasteiger partial charge in [0, 0.05) is 12.1 Å². The topological polar surface area (TPSA) is 86.7 Å². The molecule has 6 heteroatoms. The predicted octanol–water partition coefficient (Wildman–Crippen LogP) is 1.08. The van der Waals surface area contributed by atoms with Gasteiger partial charge < -0.3 is 5.73 Å². The summed E-state index contributed by atoms with van der Waals surface area (Å²) in [6.45, 7) is 4.48. The van der Waals surface area contributed by atoms with Gasteiger partial charge in [-0.2, -0.15) is 0 Å². The third-order valence-corrected chi connectivity index (χ3v) is 2.70. The van der Waals surface area contributed by atoms with Crippen molar-refractivity contribution >= 4 is 5.91 Å². The smallest absolute Gasteiger partial charge is 0.288 e. The summed E-state index contributed by atoms with van der Waals surface area (Å²) >= 11 is 0. The van der Waals surface area contributed by atoms with Crippen LogP contribution < -0.4 is 5.73 Å². The minimum Gasteiger partial charge on any atom is -0.363 e. The lowest BCUT2D eigenvalue weighted by atomic mass is 10.3. The van der Waals surface area contributed by atoms with E-state index in [1.165, 1.54) is 0 Å². The van der Waals surface area contributed by atoms with Crippen LogP contribution in [0.2, 0.25) is 0 Å². The molecule has 0 aliphatic carbocycles. The fourth-order valence-corrected chi connectivity index (χ4v) is 1.85. The largest absolute Gasteiger partial charge is 0.363 e. The second-order valence-corrected chi connectivity index (χ2v) is 4.39. The number of carbonyl (C=O) groups is 1. The maximum Gasteiger partial charge on any atom is 0.288 e. The van der Waals surface area contributed by atoms with E-state index in [0.717, 1.165) is 30.1 Å². The number of aryl methyl sites for hydroxylation is 2. The molecule has 19 heavy (non-hydrogen) atoms. The van der Waals surface area contributed by atoms with Gasteiger partial charge in [0.1, 0.15) is 5.82 Å². The number of carbonyl (C=O) groups excluding carboxylic acids is 1. The third-order valence-electron chi connectivity index (χ3n) is 2.70. The Morgan fingerprint density at radius 3 is 2.79 bits per heavy atom. The van der Waals surface area contributed by atoms with Gasteiger partial charge in [0.25, 0.3) is 5.91 Å². The van der Waals surface area contributed by atoms with Crippen molar-refractivity contribution in [3.05, 3.63) is 41.2 Å². The van der Waals surface area contributed by atoms with Crippen molar-refractivity contribution in [2.45, 2.75) is 33.2 Å². The fourth-order valence-electron chi connectivity index (χ4n) is 1.85. The number of nitrogens with two attached hydrogens (primary N) is 1. The maximum absolute atomic E-state index is 11.1. The molecule has 6 nitrogen and oxygen atoms in total. The van der Waals surface area contributed by atoms with Crippen LogP contribution in [0.25, 0.3) is 0 Å². The van der Waals surface area contributed by atoms with Crippen LogP contribution in [0.3, 0.4) is 0 Å². The quantitative estimate of drug-likeness (QED) is 0.870. The van der Waals surface area contributed by atoms with Crippen LogP contribution in [0, 0.1) is 6.92 Å². The van der Waals surface area contributed by atoms with Crippen molar-refractivity contribution in [2.75, 3.05) is 0 Å². The average molecular weight is 259 g/mol. The van der Waals surface area contributed by atoms with Crippen LogP contribution in [0.5, 0.6) is 0 Å². The molecule has 0 bridgehead atoms. The zero-order chi connectivity index (χ0) is 13.8. The SMILES string of the molecule is CCCc1nc(C(N)=O)nn1Cc1cccc(C)n1. The molecular weight excluding hydrogens is 242 g/mol. The van der Waals surface area contributed by atoms with Crippen LogP contribution in [-0.4, -0.2) is 25.7 Å². The standard InChI is InChI=1S/C13H17N5O/c1-3-5-11-16-13(12(14)19)17-18(11)8-10-7-4-6-9(2)15-10/h4,6-7H,3,5,8H2,1-2H3,(H2,14,19). The summed E-state index contributed by atoms with van der Waals surface area (Å²) in [6, 6.07) is 5.81. The second-order valence-electron chi connectivity index (χ2n) is 4.39.